The van der Waals surface area contributed by atoms with Crippen LogP contribution in [0.2, 0.25) is 0 Å². The molecule has 3 N–H and O–H groups in total. The van der Waals surface area contributed by atoms with E-state index >= 15 is 0 Å². The van der Waals surface area contributed by atoms with E-state index in [0.29, 0.717) is 32.1 Å². The van der Waals surface area contributed by atoms with Crippen molar-refractivity contribution in [2.24, 2.45) is 4.99 Å². The second kappa shape index (κ2) is 14.0. The van der Waals surface area contributed by atoms with Crippen LogP contribution in [0.5, 0.6) is 5.75 Å². The zero-order valence-corrected chi connectivity index (χ0v) is 22.0. The molecule has 33 heavy (non-hydrogen) atoms. The number of carbonyl (C=O) groups excluding carboxylic acids is 1. The van der Waals surface area contributed by atoms with E-state index in [4.69, 9.17) is 9.47 Å². The van der Waals surface area contributed by atoms with E-state index in [9.17, 15) is 4.79 Å². The Morgan fingerprint density at radius 3 is 2.58 bits per heavy atom. The Bertz CT molecular complexity index is 912. The fourth-order valence-corrected chi connectivity index (χ4v) is 3.44. The first-order chi connectivity index (χ1) is 15.6. The average Bonchev–Trinajstić information content (AvgIpc) is 3.29. The second-order valence-corrected chi connectivity index (χ2v) is 7.99. The van der Waals surface area contributed by atoms with Crippen LogP contribution >= 0.6 is 24.0 Å². The molecule has 180 valence electrons. The van der Waals surface area contributed by atoms with E-state index < -0.39 is 0 Å². The minimum atomic E-state index is 0. The fraction of sp³-hybridized carbons (Fsp3) is 0.440. The lowest BCUT2D eigenvalue weighted by molar-refractivity contribution is -0.116. The molecule has 0 radical (unpaired) electrons. The maximum absolute atomic E-state index is 11.7. The minimum absolute atomic E-state index is 0. The van der Waals surface area contributed by atoms with Crippen molar-refractivity contribution in [1.29, 1.82) is 0 Å². The Hall–Kier alpha value is -2.33. The Labute approximate surface area is 213 Å². The molecule has 1 fully saturated rings. The molecule has 1 amide bonds. The third-order valence-corrected chi connectivity index (χ3v) is 5.25. The van der Waals surface area contributed by atoms with Gasteiger partial charge in [-0.25, -0.2) is 0 Å². The topological polar surface area (TPSA) is 84.0 Å². The highest BCUT2D eigenvalue weighted by Gasteiger charge is 2.18. The number of nitrogens with one attached hydrogen (secondary N) is 3. The van der Waals surface area contributed by atoms with Gasteiger partial charge in [-0.1, -0.05) is 31.2 Å². The Morgan fingerprint density at radius 1 is 1.15 bits per heavy atom. The van der Waals surface area contributed by atoms with E-state index in [-0.39, 0.29) is 36.0 Å². The number of halogens is 1. The summed E-state index contributed by atoms with van der Waals surface area (Å²) in [7, 11) is 1.75. The third kappa shape index (κ3) is 8.85. The van der Waals surface area contributed by atoms with Crippen molar-refractivity contribution >= 4 is 41.5 Å². The van der Waals surface area contributed by atoms with Crippen LogP contribution in [-0.2, 0) is 22.6 Å². The number of benzene rings is 2. The predicted molar refractivity (Wildman–Crippen MR) is 143 cm³/mol. The first-order valence-electron chi connectivity index (χ1n) is 11.2. The van der Waals surface area contributed by atoms with E-state index in [1.807, 2.05) is 31.2 Å². The van der Waals surface area contributed by atoms with E-state index in [1.165, 1.54) is 5.56 Å². The molecule has 2 aromatic carbocycles. The van der Waals surface area contributed by atoms with Crippen molar-refractivity contribution in [3.05, 3.63) is 59.2 Å². The highest BCUT2D eigenvalue weighted by Crippen LogP contribution is 2.23. The van der Waals surface area contributed by atoms with Crippen LogP contribution in [0.1, 0.15) is 42.9 Å². The highest BCUT2D eigenvalue weighted by molar-refractivity contribution is 14.0. The second-order valence-electron chi connectivity index (χ2n) is 7.99. The lowest BCUT2D eigenvalue weighted by atomic mass is 10.1. The molecule has 1 aliphatic rings. The molecule has 3 rings (SSSR count). The fourth-order valence-electron chi connectivity index (χ4n) is 3.44. The molecule has 0 saturated carbocycles. The van der Waals surface area contributed by atoms with Gasteiger partial charge in [0.15, 0.2) is 5.96 Å². The molecule has 1 unspecified atom stereocenters. The number of amides is 1. The number of nitrogens with zero attached hydrogens (tertiary/aromatic N) is 1. The van der Waals surface area contributed by atoms with Crippen LogP contribution in [-0.4, -0.2) is 38.2 Å². The van der Waals surface area contributed by atoms with Gasteiger partial charge in [0.25, 0.3) is 0 Å². The Morgan fingerprint density at radius 2 is 1.91 bits per heavy atom. The molecule has 1 aliphatic heterocycles. The van der Waals surface area contributed by atoms with Crippen molar-refractivity contribution < 1.29 is 14.3 Å². The van der Waals surface area contributed by atoms with Crippen molar-refractivity contribution in [1.82, 2.24) is 10.6 Å². The minimum Gasteiger partial charge on any atom is -0.488 e. The van der Waals surface area contributed by atoms with Crippen LogP contribution < -0.4 is 20.7 Å². The molecule has 0 spiro atoms. The first kappa shape index (κ1) is 26.9. The van der Waals surface area contributed by atoms with Crippen LogP contribution in [0.15, 0.2) is 47.5 Å². The number of rotatable bonds is 9. The molecule has 1 heterocycles. The SMILES string of the molecule is CCCC(=O)Nc1ccc(CNC(=NC)NCc2ccc(C)cc2OC2CCOC2)cc1.I. The Balaban J connectivity index is 0.00000385. The summed E-state index contributed by atoms with van der Waals surface area (Å²) in [4.78, 5) is 16.0. The molecular formula is C25H35IN4O3. The normalized spacial score (nSPS) is 15.5. The zero-order chi connectivity index (χ0) is 22.8. The maximum atomic E-state index is 11.7. The van der Waals surface area contributed by atoms with Gasteiger partial charge in [-0.3, -0.25) is 9.79 Å². The van der Waals surface area contributed by atoms with Crippen molar-refractivity contribution in [2.75, 3.05) is 25.6 Å². The molecule has 0 bridgehead atoms. The highest BCUT2D eigenvalue weighted by atomic mass is 127. The predicted octanol–water partition coefficient (Wildman–Crippen LogP) is 4.38. The van der Waals surface area contributed by atoms with E-state index in [2.05, 4.69) is 46.1 Å². The molecule has 0 aliphatic carbocycles. The van der Waals surface area contributed by atoms with Crippen molar-refractivity contribution in [3.8, 4) is 5.75 Å². The van der Waals surface area contributed by atoms with Crippen molar-refractivity contribution in [2.45, 2.75) is 52.3 Å². The average molecular weight is 566 g/mol. The smallest absolute Gasteiger partial charge is 0.224 e. The lowest BCUT2D eigenvalue weighted by Gasteiger charge is -2.18. The number of carbonyl (C=O) groups is 1. The van der Waals surface area contributed by atoms with E-state index in [1.54, 1.807) is 7.05 Å². The molecule has 1 atom stereocenters. The molecule has 1 saturated heterocycles. The van der Waals surface area contributed by atoms with Gasteiger partial charge in [-0.15, -0.1) is 24.0 Å². The summed E-state index contributed by atoms with van der Waals surface area (Å²) in [6.07, 6.45) is 2.41. The number of aryl methyl sites for hydroxylation is 1. The summed E-state index contributed by atoms with van der Waals surface area (Å²) in [5.74, 6) is 1.65. The number of hydrogen-bond acceptors (Lipinski definition) is 4. The summed E-state index contributed by atoms with van der Waals surface area (Å²) < 4.78 is 11.6. The van der Waals surface area contributed by atoms with Crippen LogP contribution in [0.25, 0.3) is 0 Å². The van der Waals surface area contributed by atoms with E-state index in [0.717, 1.165) is 42.0 Å². The number of guanidine groups is 1. The van der Waals surface area contributed by atoms with Gasteiger partial charge in [-0.05, 0) is 42.7 Å². The summed E-state index contributed by atoms with van der Waals surface area (Å²) in [6.45, 7) is 6.69. The van der Waals surface area contributed by atoms with Gasteiger partial charge in [0.2, 0.25) is 5.91 Å². The molecule has 7 nitrogen and oxygen atoms in total. The van der Waals surface area contributed by atoms with Crippen LogP contribution in [0.4, 0.5) is 5.69 Å². The van der Waals surface area contributed by atoms with Crippen molar-refractivity contribution in [3.63, 3.8) is 0 Å². The van der Waals surface area contributed by atoms with Gasteiger partial charge in [0.1, 0.15) is 11.9 Å². The molecule has 0 aromatic heterocycles. The molecule has 8 heteroatoms. The zero-order valence-electron chi connectivity index (χ0n) is 19.6. The third-order valence-electron chi connectivity index (χ3n) is 5.25. The van der Waals surface area contributed by atoms with Gasteiger partial charge < -0.3 is 25.4 Å². The van der Waals surface area contributed by atoms with Gasteiger partial charge in [0, 0.05) is 44.2 Å². The van der Waals surface area contributed by atoms with Gasteiger partial charge in [0.05, 0.1) is 13.2 Å². The largest absolute Gasteiger partial charge is 0.488 e. The summed E-state index contributed by atoms with van der Waals surface area (Å²) in [5, 5.41) is 9.60. The Kier molecular flexibility index (Phi) is 11.5. The monoisotopic (exact) mass is 566 g/mol. The lowest BCUT2D eigenvalue weighted by Crippen LogP contribution is -2.36. The molecular weight excluding hydrogens is 531 g/mol. The number of ether oxygens (including phenoxy) is 2. The number of aliphatic imine (C=N–C) groups is 1. The quantitative estimate of drug-likeness (QED) is 0.239. The van der Waals surface area contributed by atoms with Gasteiger partial charge >= 0.3 is 0 Å². The number of anilines is 1. The summed E-state index contributed by atoms with van der Waals surface area (Å²) in [6, 6.07) is 14.1. The summed E-state index contributed by atoms with van der Waals surface area (Å²) in [5.41, 5.74) is 4.16. The first-order valence-corrected chi connectivity index (χ1v) is 11.2. The van der Waals surface area contributed by atoms with Crippen LogP contribution in [0, 0.1) is 6.92 Å². The van der Waals surface area contributed by atoms with Crippen LogP contribution in [0.3, 0.4) is 0 Å². The summed E-state index contributed by atoms with van der Waals surface area (Å²) >= 11 is 0. The molecule has 2 aromatic rings. The standard InChI is InChI=1S/C25H34N4O3.HI/c1-4-5-24(30)29-21-10-7-19(8-11-21)15-27-25(26-3)28-16-20-9-6-18(2)14-23(20)32-22-12-13-31-17-22;/h6-11,14,22H,4-5,12-13,15-17H2,1-3H3,(H,29,30)(H2,26,27,28);1H. The van der Waals surface area contributed by atoms with Gasteiger partial charge in [-0.2, -0.15) is 0 Å². The maximum Gasteiger partial charge on any atom is 0.224 e. The number of hydrogen-bond donors (Lipinski definition) is 3.